The first-order valence-corrected chi connectivity index (χ1v) is 11.8. The van der Waals surface area contributed by atoms with Gasteiger partial charge in [-0.1, -0.05) is 19.8 Å². The molecular weight excluding hydrogens is 420 g/mol. The summed E-state index contributed by atoms with van der Waals surface area (Å²) < 4.78 is 44.1. The number of methoxy groups -OCH3 is 1. The Kier molecular flexibility index (Phi) is 9.78. The van der Waals surface area contributed by atoms with Gasteiger partial charge >= 0.3 is 5.97 Å². The monoisotopic (exact) mass is 452 g/mol. The first-order chi connectivity index (χ1) is 14.8. The van der Waals surface area contributed by atoms with Gasteiger partial charge < -0.3 is 14.2 Å². The van der Waals surface area contributed by atoms with Crippen molar-refractivity contribution >= 4 is 16.0 Å². The molecule has 9 heteroatoms. The lowest BCUT2D eigenvalue weighted by Crippen LogP contribution is -2.51. The maximum absolute atomic E-state index is 13.6. The Balaban J connectivity index is 2.30. The molecule has 1 heterocycles. The number of hydrogen-bond donors (Lipinski definition) is 0. The SMILES string of the molecule is CC#CCOc1ccc(S(=O)(=O)N(CCN2CCOCC2)C(C(=O)OC)C(C)C)cc1. The zero-order chi connectivity index (χ0) is 22.9. The summed E-state index contributed by atoms with van der Waals surface area (Å²) in [6.45, 7) is 8.92. The fourth-order valence-electron chi connectivity index (χ4n) is 3.35. The average Bonchev–Trinajstić information content (AvgIpc) is 2.77. The highest BCUT2D eigenvalue weighted by atomic mass is 32.2. The fraction of sp³-hybridized carbons (Fsp3) is 0.591. The number of hydrogen-bond acceptors (Lipinski definition) is 7. The molecule has 1 aromatic rings. The second-order valence-corrected chi connectivity index (χ2v) is 9.36. The normalized spacial score (nSPS) is 15.9. The Hall–Kier alpha value is -2.12. The highest BCUT2D eigenvalue weighted by Gasteiger charge is 2.38. The quantitative estimate of drug-likeness (QED) is 0.394. The number of nitrogens with zero attached hydrogens (tertiary/aromatic N) is 2. The molecule has 1 aliphatic heterocycles. The van der Waals surface area contributed by atoms with E-state index >= 15 is 0 Å². The molecule has 0 aliphatic carbocycles. The summed E-state index contributed by atoms with van der Waals surface area (Å²) in [4.78, 5) is 14.8. The van der Waals surface area contributed by atoms with Crippen LogP contribution < -0.4 is 4.74 Å². The van der Waals surface area contributed by atoms with Gasteiger partial charge in [-0.25, -0.2) is 8.42 Å². The van der Waals surface area contributed by atoms with Gasteiger partial charge in [0.05, 0.1) is 25.2 Å². The first-order valence-electron chi connectivity index (χ1n) is 10.3. The van der Waals surface area contributed by atoms with Gasteiger partial charge in [0, 0.05) is 26.2 Å². The lowest BCUT2D eigenvalue weighted by molar-refractivity contribution is -0.146. The minimum atomic E-state index is -3.95. The van der Waals surface area contributed by atoms with Crippen molar-refractivity contribution in [2.45, 2.75) is 31.7 Å². The van der Waals surface area contributed by atoms with E-state index in [9.17, 15) is 13.2 Å². The summed E-state index contributed by atoms with van der Waals surface area (Å²) in [5.74, 6) is 5.22. The second-order valence-electron chi connectivity index (χ2n) is 7.47. The topological polar surface area (TPSA) is 85.4 Å². The first kappa shape index (κ1) is 25.1. The maximum atomic E-state index is 13.6. The van der Waals surface area contributed by atoms with E-state index < -0.39 is 22.0 Å². The fourth-order valence-corrected chi connectivity index (χ4v) is 5.05. The largest absolute Gasteiger partial charge is 0.481 e. The Morgan fingerprint density at radius 1 is 1.23 bits per heavy atom. The molecule has 1 aliphatic rings. The lowest BCUT2D eigenvalue weighted by Gasteiger charge is -2.34. The Bertz CT molecular complexity index is 868. The van der Waals surface area contributed by atoms with Crippen molar-refractivity contribution in [3.05, 3.63) is 24.3 Å². The van der Waals surface area contributed by atoms with Crippen LogP contribution in [0.5, 0.6) is 5.75 Å². The number of morpholine rings is 1. The van der Waals surface area contributed by atoms with Crippen molar-refractivity contribution in [1.82, 2.24) is 9.21 Å². The van der Waals surface area contributed by atoms with Crippen LogP contribution in [0.3, 0.4) is 0 Å². The Morgan fingerprint density at radius 2 is 1.87 bits per heavy atom. The number of benzene rings is 1. The molecule has 1 aromatic carbocycles. The number of ether oxygens (including phenoxy) is 3. The predicted octanol–water partition coefficient (Wildman–Crippen LogP) is 1.61. The molecule has 8 nitrogen and oxygen atoms in total. The molecule has 0 bridgehead atoms. The molecule has 0 N–H and O–H groups in total. The molecule has 1 fully saturated rings. The molecule has 1 unspecified atom stereocenters. The average molecular weight is 453 g/mol. The molecule has 0 saturated carbocycles. The molecule has 2 rings (SSSR count). The molecule has 172 valence electrons. The summed E-state index contributed by atoms with van der Waals surface area (Å²) in [7, 11) is -2.68. The second kappa shape index (κ2) is 12.1. The van der Waals surface area contributed by atoms with E-state index in [1.54, 1.807) is 19.1 Å². The van der Waals surface area contributed by atoms with Crippen molar-refractivity contribution < 1.29 is 27.4 Å². The van der Waals surface area contributed by atoms with E-state index in [0.717, 1.165) is 13.1 Å². The van der Waals surface area contributed by atoms with E-state index in [-0.39, 0.29) is 24.0 Å². The third kappa shape index (κ3) is 6.94. The number of sulfonamides is 1. The third-order valence-corrected chi connectivity index (χ3v) is 6.94. The van der Waals surface area contributed by atoms with E-state index in [1.165, 1.54) is 23.5 Å². The van der Waals surface area contributed by atoms with Crippen molar-refractivity contribution in [1.29, 1.82) is 0 Å². The van der Waals surface area contributed by atoms with Gasteiger partial charge in [0.1, 0.15) is 18.4 Å². The molecule has 1 saturated heterocycles. The molecule has 31 heavy (non-hydrogen) atoms. The van der Waals surface area contributed by atoms with Crippen molar-refractivity contribution in [3.63, 3.8) is 0 Å². The van der Waals surface area contributed by atoms with Crippen LogP contribution in [0.4, 0.5) is 0 Å². The molecule has 0 amide bonds. The van der Waals surface area contributed by atoms with Crippen LogP contribution in [0.2, 0.25) is 0 Å². The minimum Gasteiger partial charge on any atom is -0.481 e. The van der Waals surface area contributed by atoms with E-state index in [0.29, 0.717) is 25.5 Å². The van der Waals surface area contributed by atoms with Crippen molar-refractivity contribution in [2.24, 2.45) is 5.92 Å². The highest BCUT2D eigenvalue weighted by molar-refractivity contribution is 7.89. The molecule has 0 radical (unpaired) electrons. The van der Waals surface area contributed by atoms with Gasteiger partial charge in [-0.05, 0) is 37.1 Å². The van der Waals surface area contributed by atoms with Gasteiger partial charge in [-0.3, -0.25) is 9.69 Å². The molecular formula is C22H32N2O6S. The molecule has 0 aromatic heterocycles. The standard InChI is InChI=1S/C22H32N2O6S/c1-5-6-15-30-19-7-9-20(10-8-19)31(26,27)24(21(18(2)3)22(25)28-4)12-11-23-13-16-29-17-14-23/h7-10,18,21H,11-17H2,1-4H3. The van der Waals surface area contributed by atoms with Crippen LogP contribution in [0, 0.1) is 17.8 Å². The Labute approximate surface area is 185 Å². The zero-order valence-corrected chi connectivity index (χ0v) is 19.5. The third-order valence-electron chi connectivity index (χ3n) is 5.04. The number of carbonyl (C=O) groups is 1. The summed E-state index contributed by atoms with van der Waals surface area (Å²) in [6.07, 6.45) is 0. The number of esters is 1. The summed E-state index contributed by atoms with van der Waals surface area (Å²) in [5, 5.41) is 0. The van der Waals surface area contributed by atoms with Crippen molar-refractivity contribution in [2.75, 3.05) is 53.1 Å². The van der Waals surface area contributed by atoms with Gasteiger partial charge in [-0.2, -0.15) is 4.31 Å². The maximum Gasteiger partial charge on any atom is 0.324 e. The summed E-state index contributed by atoms with van der Waals surface area (Å²) >= 11 is 0. The number of carbonyl (C=O) groups excluding carboxylic acids is 1. The Morgan fingerprint density at radius 3 is 2.42 bits per heavy atom. The van der Waals surface area contributed by atoms with Crippen LogP contribution in [-0.4, -0.2) is 82.7 Å². The van der Waals surface area contributed by atoms with Crippen LogP contribution in [0.15, 0.2) is 29.2 Å². The predicted molar refractivity (Wildman–Crippen MR) is 117 cm³/mol. The van der Waals surface area contributed by atoms with Crippen LogP contribution in [0.1, 0.15) is 20.8 Å². The van der Waals surface area contributed by atoms with E-state index in [4.69, 9.17) is 14.2 Å². The number of rotatable bonds is 10. The zero-order valence-electron chi connectivity index (χ0n) is 18.7. The minimum absolute atomic E-state index is 0.0953. The lowest BCUT2D eigenvalue weighted by atomic mass is 10.0. The van der Waals surface area contributed by atoms with Crippen LogP contribution in [-0.2, 0) is 24.3 Å². The van der Waals surface area contributed by atoms with Gasteiger partial charge in [-0.15, -0.1) is 5.92 Å². The van der Waals surface area contributed by atoms with Gasteiger partial charge in [0.15, 0.2) is 0 Å². The molecule has 0 spiro atoms. The smallest absolute Gasteiger partial charge is 0.324 e. The summed E-state index contributed by atoms with van der Waals surface area (Å²) in [6, 6.07) is 5.23. The van der Waals surface area contributed by atoms with Gasteiger partial charge in [0.25, 0.3) is 0 Å². The van der Waals surface area contributed by atoms with E-state index in [1.807, 2.05) is 13.8 Å². The molecule has 1 atom stereocenters. The van der Waals surface area contributed by atoms with Crippen LogP contribution >= 0.6 is 0 Å². The summed E-state index contributed by atoms with van der Waals surface area (Å²) in [5.41, 5.74) is 0. The van der Waals surface area contributed by atoms with Gasteiger partial charge in [0.2, 0.25) is 10.0 Å². The van der Waals surface area contributed by atoms with E-state index in [2.05, 4.69) is 16.7 Å². The van der Waals surface area contributed by atoms with Crippen molar-refractivity contribution in [3.8, 4) is 17.6 Å². The van der Waals surface area contributed by atoms with Crippen LogP contribution in [0.25, 0.3) is 0 Å². The highest BCUT2D eigenvalue weighted by Crippen LogP contribution is 2.25.